The van der Waals surface area contributed by atoms with Gasteiger partial charge in [-0.25, -0.2) is 0 Å². The molecule has 0 aliphatic heterocycles. The fraction of sp³-hybridized carbons (Fsp3) is 0.200. The van der Waals surface area contributed by atoms with Crippen molar-refractivity contribution in [3.8, 4) is 5.75 Å². The molecule has 0 saturated carbocycles. The van der Waals surface area contributed by atoms with Crippen LogP contribution in [0.15, 0.2) is 36.7 Å². The number of carbonyl (C=O) groups is 1. The van der Waals surface area contributed by atoms with Gasteiger partial charge in [0.1, 0.15) is 11.4 Å². The quantitative estimate of drug-likeness (QED) is 0.496. The summed E-state index contributed by atoms with van der Waals surface area (Å²) in [6.45, 7) is 2.16. The lowest BCUT2D eigenvalue weighted by Crippen LogP contribution is -2.15. The van der Waals surface area contributed by atoms with Crippen LogP contribution in [0.5, 0.6) is 5.75 Å². The van der Waals surface area contributed by atoms with E-state index in [0.29, 0.717) is 17.9 Å². The Kier molecular flexibility index (Phi) is 5.48. The molecule has 8 heteroatoms. The van der Waals surface area contributed by atoms with Crippen LogP contribution < -0.4 is 10.1 Å². The average molecular weight is 336 g/mol. The maximum atomic E-state index is 12.3. The van der Waals surface area contributed by atoms with E-state index in [4.69, 9.17) is 16.3 Å². The van der Waals surface area contributed by atoms with Gasteiger partial charge in [-0.15, -0.1) is 11.6 Å². The predicted octanol–water partition coefficient (Wildman–Crippen LogP) is 3.38. The summed E-state index contributed by atoms with van der Waals surface area (Å²) in [4.78, 5) is 26.8. The van der Waals surface area contributed by atoms with Gasteiger partial charge in [0.05, 0.1) is 23.2 Å². The van der Waals surface area contributed by atoms with E-state index in [1.165, 1.54) is 24.5 Å². The molecule has 0 aliphatic rings. The van der Waals surface area contributed by atoms with E-state index in [2.05, 4.69) is 10.3 Å². The first-order valence-corrected chi connectivity index (χ1v) is 7.31. The van der Waals surface area contributed by atoms with Crippen molar-refractivity contribution in [1.82, 2.24) is 4.98 Å². The van der Waals surface area contributed by atoms with Gasteiger partial charge in [-0.2, -0.15) is 0 Å². The number of hydrogen-bond donors (Lipinski definition) is 1. The van der Waals surface area contributed by atoms with Gasteiger partial charge in [-0.3, -0.25) is 19.9 Å². The number of pyridine rings is 1. The number of benzene rings is 1. The Morgan fingerprint density at radius 3 is 2.87 bits per heavy atom. The number of rotatable bonds is 6. The normalized spacial score (nSPS) is 10.2. The lowest BCUT2D eigenvalue weighted by Gasteiger charge is -2.10. The van der Waals surface area contributed by atoms with Gasteiger partial charge in [0, 0.05) is 18.3 Å². The maximum absolute atomic E-state index is 12.3. The number of hydrogen-bond acceptors (Lipinski definition) is 5. The maximum Gasteiger partial charge on any atom is 0.296 e. The van der Waals surface area contributed by atoms with Crippen molar-refractivity contribution in [3.63, 3.8) is 0 Å². The largest absolute Gasteiger partial charge is 0.494 e. The predicted molar refractivity (Wildman–Crippen MR) is 86.0 cm³/mol. The first-order chi connectivity index (χ1) is 11.1. The van der Waals surface area contributed by atoms with E-state index in [9.17, 15) is 14.9 Å². The lowest BCUT2D eigenvalue weighted by atomic mass is 10.1. The fourth-order valence-electron chi connectivity index (χ4n) is 1.96. The topological polar surface area (TPSA) is 94.4 Å². The lowest BCUT2D eigenvalue weighted by molar-refractivity contribution is -0.384. The highest BCUT2D eigenvalue weighted by molar-refractivity contribution is 6.18. The summed E-state index contributed by atoms with van der Waals surface area (Å²) in [5.74, 6) is -0.0163. The first-order valence-electron chi connectivity index (χ1n) is 6.78. The Morgan fingerprint density at radius 1 is 1.43 bits per heavy atom. The number of carbonyl (C=O) groups excluding carboxylic acids is 1. The minimum Gasteiger partial charge on any atom is -0.494 e. The fourth-order valence-corrected chi connectivity index (χ4v) is 2.19. The van der Waals surface area contributed by atoms with E-state index >= 15 is 0 Å². The highest BCUT2D eigenvalue weighted by atomic mass is 35.5. The van der Waals surface area contributed by atoms with Crippen LogP contribution in [0.2, 0.25) is 0 Å². The molecule has 0 fully saturated rings. The van der Waals surface area contributed by atoms with Crippen molar-refractivity contribution in [3.05, 3.63) is 57.9 Å². The summed E-state index contributed by atoms with van der Waals surface area (Å²) in [6.07, 6.45) is 2.89. The number of nitro benzene ring substituents is 1. The number of aromatic nitrogens is 1. The summed E-state index contributed by atoms with van der Waals surface area (Å²) in [6, 6.07) is 5.87. The number of nitrogens with zero attached hydrogens (tertiary/aromatic N) is 2. The third kappa shape index (κ3) is 3.95. The van der Waals surface area contributed by atoms with Crippen molar-refractivity contribution in [2.75, 3.05) is 11.9 Å². The Bertz CT molecular complexity index is 736. The van der Waals surface area contributed by atoms with Crippen LogP contribution in [0.4, 0.5) is 11.4 Å². The van der Waals surface area contributed by atoms with Crippen LogP contribution in [-0.4, -0.2) is 22.4 Å². The number of amides is 1. The number of ether oxygens (including phenoxy) is 1. The standard InChI is InChI=1S/C15H14ClN3O4/c1-2-23-11-3-4-13(14(7-11)19(21)22)18-15(20)12-9-17-6-5-10(12)8-16/h3-7,9H,2,8H2,1H3,(H,18,20). The van der Waals surface area contributed by atoms with Gasteiger partial charge < -0.3 is 10.1 Å². The highest BCUT2D eigenvalue weighted by Gasteiger charge is 2.19. The average Bonchev–Trinajstić information content (AvgIpc) is 2.56. The number of anilines is 1. The molecule has 0 saturated heterocycles. The third-order valence-electron chi connectivity index (χ3n) is 3.03. The third-order valence-corrected chi connectivity index (χ3v) is 3.31. The smallest absolute Gasteiger partial charge is 0.296 e. The molecule has 0 radical (unpaired) electrons. The second-order valence-corrected chi connectivity index (χ2v) is 4.76. The molecular formula is C15H14ClN3O4. The van der Waals surface area contributed by atoms with Gasteiger partial charge >= 0.3 is 0 Å². The molecule has 1 aromatic carbocycles. The van der Waals surface area contributed by atoms with Crippen LogP contribution in [0, 0.1) is 10.1 Å². The Hall–Kier alpha value is -2.67. The van der Waals surface area contributed by atoms with E-state index in [1.54, 1.807) is 19.1 Å². The second kappa shape index (κ2) is 7.55. The van der Waals surface area contributed by atoms with Crippen LogP contribution in [0.3, 0.4) is 0 Å². The van der Waals surface area contributed by atoms with Crippen molar-refractivity contribution in [2.24, 2.45) is 0 Å². The Balaban J connectivity index is 2.32. The second-order valence-electron chi connectivity index (χ2n) is 4.49. The molecule has 2 aromatic rings. The molecule has 2 rings (SSSR count). The van der Waals surface area contributed by atoms with Crippen molar-refractivity contribution in [1.29, 1.82) is 0 Å². The van der Waals surface area contributed by atoms with Crippen LogP contribution >= 0.6 is 11.6 Å². The van der Waals surface area contributed by atoms with Crippen LogP contribution in [0.25, 0.3) is 0 Å². The number of alkyl halides is 1. The molecule has 1 amide bonds. The Labute approximate surface area is 137 Å². The molecule has 1 heterocycles. The summed E-state index contributed by atoms with van der Waals surface area (Å²) in [5.41, 5.74) is 0.687. The molecule has 0 spiro atoms. The van der Waals surface area contributed by atoms with Crippen molar-refractivity contribution < 1.29 is 14.5 Å². The van der Waals surface area contributed by atoms with E-state index in [-0.39, 0.29) is 22.8 Å². The summed E-state index contributed by atoms with van der Waals surface area (Å²) >= 11 is 5.78. The van der Waals surface area contributed by atoms with Crippen molar-refractivity contribution in [2.45, 2.75) is 12.8 Å². The van der Waals surface area contributed by atoms with E-state index in [0.717, 1.165) is 0 Å². The zero-order valence-corrected chi connectivity index (χ0v) is 13.0. The molecule has 0 aliphatic carbocycles. The molecule has 120 valence electrons. The molecule has 0 atom stereocenters. The first kappa shape index (κ1) is 16.7. The van der Waals surface area contributed by atoms with Crippen LogP contribution in [-0.2, 0) is 5.88 Å². The van der Waals surface area contributed by atoms with Gasteiger partial charge in [0.25, 0.3) is 11.6 Å². The zero-order valence-electron chi connectivity index (χ0n) is 12.3. The molecule has 1 N–H and O–H groups in total. The number of nitro groups is 1. The SMILES string of the molecule is CCOc1ccc(NC(=O)c2cnccc2CCl)c([N+](=O)[O-])c1. The molecule has 1 aromatic heterocycles. The van der Waals surface area contributed by atoms with Gasteiger partial charge in [-0.05, 0) is 30.7 Å². The minimum atomic E-state index is -0.580. The van der Waals surface area contributed by atoms with E-state index < -0.39 is 10.8 Å². The summed E-state index contributed by atoms with van der Waals surface area (Å²) < 4.78 is 5.23. The molecular weight excluding hydrogens is 322 g/mol. The van der Waals surface area contributed by atoms with Crippen LogP contribution in [0.1, 0.15) is 22.8 Å². The molecule has 0 bridgehead atoms. The molecule has 7 nitrogen and oxygen atoms in total. The van der Waals surface area contributed by atoms with Gasteiger partial charge in [0.2, 0.25) is 0 Å². The number of halogens is 1. The highest BCUT2D eigenvalue weighted by Crippen LogP contribution is 2.29. The summed E-state index contributed by atoms with van der Waals surface area (Å²) in [7, 11) is 0. The monoisotopic (exact) mass is 335 g/mol. The molecule has 23 heavy (non-hydrogen) atoms. The number of nitrogens with one attached hydrogen (secondary N) is 1. The van der Waals surface area contributed by atoms with Crippen molar-refractivity contribution >= 4 is 28.9 Å². The Morgan fingerprint density at radius 2 is 2.22 bits per heavy atom. The summed E-state index contributed by atoms with van der Waals surface area (Å²) in [5, 5.41) is 13.7. The van der Waals surface area contributed by atoms with Gasteiger partial charge in [0.15, 0.2) is 0 Å². The van der Waals surface area contributed by atoms with Gasteiger partial charge in [-0.1, -0.05) is 0 Å². The molecule has 0 unspecified atom stereocenters. The minimum absolute atomic E-state index is 0.0767. The van der Waals surface area contributed by atoms with E-state index in [1.807, 2.05) is 0 Å². The zero-order chi connectivity index (χ0) is 16.8.